The number of guanidine groups is 1. The minimum atomic E-state index is 0. The van der Waals surface area contributed by atoms with Gasteiger partial charge in [0.05, 0.1) is 12.2 Å². The van der Waals surface area contributed by atoms with Gasteiger partial charge in [-0.1, -0.05) is 42.5 Å². The van der Waals surface area contributed by atoms with Crippen molar-refractivity contribution in [3.8, 4) is 0 Å². The zero-order valence-corrected chi connectivity index (χ0v) is 21.5. The number of carbonyl (C=O) groups is 1. The summed E-state index contributed by atoms with van der Waals surface area (Å²) in [6, 6.07) is 18.3. The van der Waals surface area contributed by atoms with E-state index in [9.17, 15) is 4.79 Å². The fourth-order valence-corrected chi connectivity index (χ4v) is 3.84. The normalized spacial score (nSPS) is 18.6. The second-order valence-corrected chi connectivity index (χ2v) is 8.11. The van der Waals surface area contributed by atoms with Crippen molar-refractivity contribution >= 4 is 35.8 Å². The summed E-state index contributed by atoms with van der Waals surface area (Å²) in [6.45, 7) is 6.80. The maximum Gasteiger partial charge on any atom is 0.254 e. The summed E-state index contributed by atoms with van der Waals surface area (Å²) in [5.41, 5.74) is 3.17. The van der Waals surface area contributed by atoms with E-state index in [1.807, 2.05) is 49.1 Å². The third kappa shape index (κ3) is 8.09. The molecule has 0 saturated carbocycles. The van der Waals surface area contributed by atoms with Crippen LogP contribution in [-0.4, -0.2) is 55.7 Å². The molecule has 2 atom stereocenters. The van der Waals surface area contributed by atoms with E-state index in [1.54, 1.807) is 7.05 Å². The number of ether oxygens (including phenoxy) is 1. The Kier molecular flexibility index (Phi) is 11.0. The molecular weight excluding hydrogens is 515 g/mol. The quantitative estimate of drug-likeness (QED) is 0.238. The molecule has 3 rings (SSSR count). The van der Waals surface area contributed by atoms with Gasteiger partial charge >= 0.3 is 0 Å². The molecule has 7 heteroatoms. The number of nitrogens with zero attached hydrogens (tertiary/aromatic N) is 2. The number of nitrogens with one attached hydrogen (secondary N) is 2. The van der Waals surface area contributed by atoms with Crippen LogP contribution in [0.4, 0.5) is 0 Å². The number of hydrogen-bond acceptors (Lipinski definition) is 3. The van der Waals surface area contributed by atoms with E-state index in [4.69, 9.17) is 4.74 Å². The van der Waals surface area contributed by atoms with Crippen molar-refractivity contribution in [3.05, 3.63) is 71.3 Å². The molecule has 1 fully saturated rings. The monoisotopic (exact) mass is 550 g/mol. The van der Waals surface area contributed by atoms with Gasteiger partial charge < -0.3 is 20.3 Å². The van der Waals surface area contributed by atoms with E-state index in [1.165, 1.54) is 5.56 Å². The van der Waals surface area contributed by atoms with Gasteiger partial charge in [0.25, 0.3) is 5.91 Å². The fraction of sp³-hybridized carbons (Fsp3) is 0.440. The fourth-order valence-electron chi connectivity index (χ4n) is 3.84. The van der Waals surface area contributed by atoms with Crippen LogP contribution in [0.25, 0.3) is 0 Å². The molecular formula is C25H35IN4O2. The summed E-state index contributed by atoms with van der Waals surface area (Å²) in [6.07, 6.45) is 2.23. The molecule has 0 radical (unpaired) electrons. The van der Waals surface area contributed by atoms with Crippen molar-refractivity contribution in [1.82, 2.24) is 15.5 Å². The first-order chi connectivity index (χ1) is 15.0. The molecule has 1 heterocycles. The predicted octanol–water partition coefficient (Wildman–Crippen LogP) is 3.85. The van der Waals surface area contributed by atoms with E-state index < -0.39 is 0 Å². The molecule has 1 aliphatic heterocycles. The maximum absolute atomic E-state index is 12.8. The van der Waals surface area contributed by atoms with Gasteiger partial charge in [-0.05, 0) is 49.9 Å². The van der Waals surface area contributed by atoms with Gasteiger partial charge in [0, 0.05) is 38.8 Å². The molecule has 0 aromatic heterocycles. The van der Waals surface area contributed by atoms with Crippen LogP contribution in [0.2, 0.25) is 0 Å². The summed E-state index contributed by atoms with van der Waals surface area (Å²) < 4.78 is 5.72. The number of morpholine rings is 1. The number of rotatable bonds is 7. The van der Waals surface area contributed by atoms with E-state index in [0.717, 1.165) is 30.9 Å². The SMILES string of the molecule is CN=C(NCCCc1ccccc1)NCc1ccc(C(=O)N2CC(C)OC(C)C2)cc1.I. The maximum atomic E-state index is 12.8. The first-order valence-corrected chi connectivity index (χ1v) is 11.1. The Morgan fingerprint density at radius 3 is 2.28 bits per heavy atom. The summed E-state index contributed by atoms with van der Waals surface area (Å²) >= 11 is 0. The molecule has 0 aliphatic carbocycles. The second-order valence-electron chi connectivity index (χ2n) is 8.11. The molecule has 0 spiro atoms. The van der Waals surface area contributed by atoms with Gasteiger partial charge in [-0.25, -0.2) is 0 Å². The molecule has 6 nitrogen and oxygen atoms in total. The summed E-state index contributed by atoms with van der Waals surface area (Å²) in [4.78, 5) is 19.0. The molecule has 32 heavy (non-hydrogen) atoms. The minimum absolute atomic E-state index is 0. The average Bonchev–Trinajstić information content (AvgIpc) is 2.78. The Balaban J connectivity index is 0.00000363. The van der Waals surface area contributed by atoms with Crippen LogP contribution in [0.1, 0.15) is 41.8 Å². The highest BCUT2D eigenvalue weighted by Gasteiger charge is 2.26. The number of aryl methyl sites for hydroxylation is 1. The van der Waals surface area contributed by atoms with Crippen LogP contribution >= 0.6 is 24.0 Å². The Labute approximate surface area is 208 Å². The Morgan fingerprint density at radius 1 is 1.00 bits per heavy atom. The van der Waals surface area contributed by atoms with Crippen molar-refractivity contribution in [2.45, 2.75) is 45.4 Å². The van der Waals surface area contributed by atoms with Crippen LogP contribution in [0, 0.1) is 0 Å². The van der Waals surface area contributed by atoms with E-state index in [-0.39, 0.29) is 42.1 Å². The molecule has 1 saturated heterocycles. The van der Waals surface area contributed by atoms with Crippen LogP contribution in [-0.2, 0) is 17.7 Å². The molecule has 2 N–H and O–H groups in total. The van der Waals surface area contributed by atoms with Gasteiger partial charge in [-0.15, -0.1) is 24.0 Å². The van der Waals surface area contributed by atoms with Crippen molar-refractivity contribution in [1.29, 1.82) is 0 Å². The standard InChI is InChI=1S/C25H34N4O2.HI/c1-19-17-29(18-20(2)31-19)24(30)23-13-11-22(12-14-23)16-28-25(26-3)27-15-7-10-21-8-5-4-6-9-21;/h4-6,8-9,11-14,19-20H,7,10,15-18H2,1-3H3,(H2,26,27,28);1H. The van der Waals surface area contributed by atoms with Crippen molar-refractivity contribution in [3.63, 3.8) is 0 Å². The molecule has 174 valence electrons. The van der Waals surface area contributed by atoms with Crippen LogP contribution in [0.5, 0.6) is 0 Å². The smallest absolute Gasteiger partial charge is 0.254 e. The summed E-state index contributed by atoms with van der Waals surface area (Å²) in [7, 11) is 1.78. The van der Waals surface area contributed by atoms with Crippen LogP contribution < -0.4 is 10.6 Å². The highest BCUT2D eigenvalue weighted by Crippen LogP contribution is 2.15. The zero-order valence-electron chi connectivity index (χ0n) is 19.2. The van der Waals surface area contributed by atoms with Gasteiger partial charge in [-0.2, -0.15) is 0 Å². The van der Waals surface area contributed by atoms with E-state index >= 15 is 0 Å². The lowest BCUT2D eigenvalue weighted by atomic mass is 10.1. The lowest BCUT2D eigenvalue weighted by Gasteiger charge is -2.35. The van der Waals surface area contributed by atoms with E-state index in [0.29, 0.717) is 25.2 Å². The molecule has 0 bridgehead atoms. The largest absolute Gasteiger partial charge is 0.372 e. The molecule has 1 aliphatic rings. The van der Waals surface area contributed by atoms with Crippen molar-refractivity contribution in [2.75, 3.05) is 26.7 Å². The summed E-state index contributed by atoms with van der Waals surface area (Å²) in [5.74, 6) is 0.849. The predicted molar refractivity (Wildman–Crippen MR) is 141 cm³/mol. The third-order valence-electron chi connectivity index (χ3n) is 5.37. The third-order valence-corrected chi connectivity index (χ3v) is 5.37. The van der Waals surface area contributed by atoms with Gasteiger partial charge in [0.2, 0.25) is 0 Å². The Morgan fingerprint density at radius 2 is 1.66 bits per heavy atom. The van der Waals surface area contributed by atoms with E-state index in [2.05, 4.69) is 39.9 Å². The number of benzene rings is 2. The van der Waals surface area contributed by atoms with Crippen molar-refractivity contribution < 1.29 is 9.53 Å². The number of halogens is 1. The molecule has 2 aromatic rings. The number of hydrogen-bond donors (Lipinski definition) is 2. The average molecular weight is 550 g/mol. The van der Waals surface area contributed by atoms with Gasteiger partial charge in [-0.3, -0.25) is 9.79 Å². The van der Waals surface area contributed by atoms with Crippen molar-refractivity contribution in [2.24, 2.45) is 4.99 Å². The topological polar surface area (TPSA) is 66.0 Å². The lowest BCUT2D eigenvalue weighted by Crippen LogP contribution is -2.48. The second kappa shape index (κ2) is 13.4. The first-order valence-electron chi connectivity index (χ1n) is 11.1. The van der Waals surface area contributed by atoms with Crippen LogP contribution in [0.15, 0.2) is 59.6 Å². The highest BCUT2D eigenvalue weighted by molar-refractivity contribution is 14.0. The molecule has 1 amide bonds. The first kappa shape index (κ1) is 26.1. The number of carbonyl (C=O) groups excluding carboxylic acids is 1. The highest BCUT2D eigenvalue weighted by atomic mass is 127. The summed E-state index contributed by atoms with van der Waals surface area (Å²) in [5, 5.41) is 6.69. The molecule has 2 aromatic carbocycles. The Bertz CT molecular complexity index is 848. The Hall–Kier alpha value is -2.13. The lowest BCUT2D eigenvalue weighted by molar-refractivity contribution is -0.0586. The minimum Gasteiger partial charge on any atom is -0.372 e. The van der Waals surface area contributed by atoms with Gasteiger partial charge in [0.15, 0.2) is 5.96 Å². The molecule has 2 unspecified atom stereocenters. The van der Waals surface area contributed by atoms with Crippen LogP contribution in [0.3, 0.4) is 0 Å². The van der Waals surface area contributed by atoms with Gasteiger partial charge in [0.1, 0.15) is 0 Å². The number of aliphatic imine (C=N–C) groups is 1. The number of amides is 1. The zero-order chi connectivity index (χ0) is 22.1.